The van der Waals surface area contributed by atoms with Crippen molar-refractivity contribution in [3.8, 4) is 5.75 Å². The molecule has 0 atom stereocenters. The summed E-state index contributed by atoms with van der Waals surface area (Å²) in [5.41, 5.74) is 1.29. The zero-order valence-corrected chi connectivity index (χ0v) is 10.9. The number of benzene rings is 2. The molecule has 2 rings (SSSR count). The molecule has 0 saturated carbocycles. The molecule has 18 heavy (non-hydrogen) atoms. The summed E-state index contributed by atoms with van der Waals surface area (Å²) in [5, 5.41) is 2.40. The molecule has 0 amide bonds. The third-order valence-corrected chi connectivity index (χ3v) is 3.11. The molecule has 0 aliphatic rings. The molecule has 0 aromatic heterocycles. The zero-order chi connectivity index (χ0) is 13.0. The van der Waals surface area contributed by atoms with Gasteiger partial charge in [0.2, 0.25) is 0 Å². The van der Waals surface area contributed by atoms with Gasteiger partial charge < -0.3 is 9.53 Å². The number of fused-ring (bicyclic) bond motifs is 1. The van der Waals surface area contributed by atoms with E-state index in [0.29, 0.717) is 6.42 Å². The second kappa shape index (κ2) is 5.67. The van der Waals surface area contributed by atoms with E-state index in [9.17, 15) is 4.79 Å². The molecule has 0 bridgehead atoms. The SMILES string of the molecule is COc1ccc2cc(CCCC(C)=O)ccc2c1. The first-order chi connectivity index (χ1) is 8.69. The maximum atomic E-state index is 10.9. The van der Waals surface area contributed by atoms with Crippen LogP contribution in [0.15, 0.2) is 36.4 Å². The Bertz CT molecular complexity index is 558. The number of rotatable bonds is 5. The van der Waals surface area contributed by atoms with Gasteiger partial charge in [0.05, 0.1) is 7.11 Å². The number of Topliss-reactive ketones (excluding diaryl/α,β-unsaturated/α-hetero) is 1. The maximum Gasteiger partial charge on any atom is 0.129 e. The molecule has 2 aromatic rings. The molecular weight excluding hydrogens is 224 g/mol. The van der Waals surface area contributed by atoms with Crippen molar-refractivity contribution < 1.29 is 9.53 Å². The van der Waals surface area contributed by atoms with Crippen molar-refractivity contribution in [3.05, 3.63) is 42.0 Å². The molecule has 0 spiro atoms. The summed E-state index contributed by atoms with van der Waals surface area (Å²) >= 11 is 0. The van der Waals surface area contributed by atoms with Crippen molar-refractivity contribution >= 4 is 16.6 Å². The van der Waals surface area contributed by atoms with Gasteiger partial charge in [0.25, 0.3) is 0 Å². The van der Waals surface area contributed by atoms with Gasteiger partial charge in [-0.1, -0.05) is 24.3 Å². The van der Waals surface area contributed by atoms with Crippen molar-refractivity contribution in [3.63, 3.8) is 0 Å². The standard InChI is InChI=1S/C16H18O2/c1-12(17)4-3-5-13-6-7-15-11-16(18-2)9-8-14(15)10-13/h6-11H,3-5H2,1-2H3. The Morgan fingerprint density at radius 3 is 2.56 bits per heavy atom. The Morgan fingerprint density at radius 2 is 1.83 bits per heavy atom. The van der Waals surface area contributed by atoms with Crippen molar-refractivity contribution in [2.24, 2.45) is 0 Å². The summed E-state index contributed by atoms with van der Waals surface area (Å²) in [6.07, 6.45) is 2.55. The Hall–Kier alpha value is -1.83. The number of carbonyl (C=O) groups is 1. The lowest BCUT2D eigenvalue weighted by Crippen LogP contribution is -1.92. The van der Waals surface area contributed by atoms with E-state index in [1.165, 1.54) is 16.3 Å². The highest BCUT2D eigenvalue weighted by atomic mass is 16.5. The summed E-state index contributed by atoms with van der Waals surface area (Å²) in [6.45, 7) is 1.65. The van der Waals surface area contributed by atoms with Gasteiger partial charge in [0.1, 0.15) is 11.5 Å². The van der Waals surface area contributed by atoms with Crippen LogP contribution in [0.3, 0.4) is 0 Å². The van der Waals surface area contributed by atoms with E-state index in [1.54, 1.807) is 14.0 Å². The number of aryl methyl sites for hydroxylation is 1. The van der Waals surface area contributed by atoms with Gasteiger partial charge in [-0.2, -0.15) is 0 Å². The van der Waals surface area contributed by atoms with Gasteiger partial charge in [-0.3, -0.25) is 0 Å². The molecule has 0 fully saturated rings. The van der Waals surface area contributed by atoms with E-state index < -0.39 is 0 Å². The van der Waals surface area contributed by atoms with Crippen LogP contribution in [0, 0.1) is 0 Å². The Labute approximate surface area is 108 Å². The summed E-state index contributed by atoms with van der Waals surface area (Å²) < 4.78 is 5.21. The maximum absolute atomic E-state index is 10.9. The first kappa shape index (κ1) is 12.6. The van der Waals surface area contributed by atoms with E-state index >= 15 is 0 Å². The molecule has 0 aliphatic carbocycles. The summed E-state index contributed by atoms with van der Waals surface area (Å²) in [6, 6.07) is 12.5. The van der Waals surface area contributed by atoms with Crippen molar-refractivity contribution in [2.75, 3.05) is 7.11 Å². The van der Waals surface area contributed by atoms with E-state index in [2.05, 4.69) is 24.3 Å². The predicted molar refractivity (Wildman–Crippen MR) is 74.1 cm³/mol. The second-order valence-corrected chi connectivity index (χ2v) is 4.60. The third kappa shape index (κ3) is 3.10. The quantitative estimate of drug-likeness (QED) is 0.798. The fraction of sp³-hybridized carbons (Fsp3) is 0.312. The van der Waals surface area contributed by atoms with Crippen LogP contribution in [0.25, 0.3) is 10.8 Å². The fourth-order valence-electron chi connectivity index (χ4n) is 2.10. The van der Waals surface area contributed by atoms with Gasteiger partial charge >= 0.3 is 0 Å². The molecule has 0 aliphatic heterocycles. The van der Waals surface area contributed by atoms with E-state index in [4.69, 9.17) is 4.74 Å². The number of methoxy groups -OCH3 is 1. The molecule has 0 N–H and O–H groups in total. The number of ketones is 1. The lowest BCUT2D eigenvalue weighted by molar-refractivity contribution is -0.117. The highest BCUT2D eigenvalue weighted by Crippen LogP contribution is 2.22. The van der Waals surface area contributed by atoms with Crippen LogP contribution in [0.1, 0.15) is 25.3 Å². The summed E-state index contributed by atoms with van der Waals surface area (Å²) in [4.78, 5) is 10.9. The molecule has 94 valence electrons. The van der Waals surface area contributed by atoms with E-state index in [-0.39, 0.29) is 5.78 Å². The number of ether oxygens (including phenoxy) is 1. The molecule has 0 unspecified atom stereocenters. The van der Waals surface area contributed by atoms with Crippen LogP contribution in [0.2, 0.25) is 0 Å². The molecule has 2 heteroatoms. The normalized spacial score (nSPS) is 10.6. The van der Waals surface area contributed by atoms with Crippen molar-refractivity contribution in [1.82, 2.24) is 0 Å². The highest BCUT2D eigenvalue weighted by Gasteiger charge is 2.00. The van der Waals surface area contributed by atoms with E-state index in [1.807, 2.05) is 12.1 Å². The molecule has 0 heterocycles. The number of hydrogen-bond donors (Lipinski definition) is 0. The Kier molecular flexibility index (Phi) is 3.98. The van der Waals surface area contributed by atoms with Gasteiger partial charge in [-0.25, -0.2) is 0 Å². The van der Waals surface area contributed by atoms with Crippen LogP contribution in [-0.4, -0.2) is 12.9 Å². The molecular formula is C16H18O2. The van der Waals surface area contributed by atoms with Crippen LogP contribution in [-0.2, 0) is 11.2 Å². The first-order valence-electron chi connectivity index (χ1n) is 6.25. The minimum atomic E-state index is 0.264. The fourth-order valence-corrected chi connectivity index (χ4v) is 2.10. The molecule has 2 aromatic carbocycles. The Morgan fingerprint density at radius 1 is 1.11 bits per heavy atom. The van der Waals surface area contributed by atoms with Gasteiger partial charge in [-0.15, -0.1) is 0 Å². The van der Waals surface area contributed by atoms with Crippen molar-refractivity contribution in [1.29, 1.82) is 0 Å². The zero-order valence-electron chi connectivity index (χ0n) is 10.9. The van der Waals surface area contributed by atoms with Gasteiger partial charge in [-0.05, 0) is 48.2 Å². The minimum Gasteiger partial charge on any atom is -0.497 e. The lowest BCUT2D eigenvalue weighted by atomic mass is 10.0. The number of carbonyl (C=O) groups excluding carboxylic acids is 1. The van der Waals surface area contributed by atoms with Crippen LogP contribution in [0.5, 0.6) is 5.75 Å². The van der Waals surface area contributed by atoms with Crippen LogP contribution < -0.4 is 4.74 Å². The first-order valence-corrected chi connectivity index (χ1v) is 6.25. The van der Waals surface area contributed by atoms with Gasteiger partial charge in [0.15, 0.2) is 0 Å². The van der Waals surface area contributed by atoms with Crippen LogP contribution in [0.4, 0.5) is 0 Å². The minimum absolute atomic E-state index is 0.264. The predicted octanol–water partition coefficient (Wildman–Crippen LogP) is 3.76. The van der Waals surface area contributed by atoms with E-state index in [0.717, 1.165) is 18.6 Å². The molecule has 2 nitrogen and oxygen atoms in total. The highest BCUT2D eigenvalue weighted by molar-refractivity contribution is 5.84. The monoisotopic (exact) mass is 242 g/mol. The average molecular weight is 242 g/mol. The van der Waals surface area contributed by atoms with Gasteiger partial charge in [0, 0.05) is 6.42 Å². The number of hydrogen-bond acceptors (Lipinski definition) is 2. The second-order valence-electron chi connectivity index (χ2n) is 4.60. The van der Waals surface area contributed by atoms with Crippen LogP contribution >= 0.6 is 0 Å². The average Bonchev–Trinajstić information content (AvgIpc) is 2.37. The smallest absolute Gasteiger partial charge is 0.129 e. The molecule has 0 saturated heterocycles. The lowest BCUT2D eigenvalue weighted by Gasteiger charge is -2.05. The topological polar surface area (TPSA) is 26.3 Å². The third-order valence-electron chi connectivity index (χ3n) is 3.11. The summed E-state index contributed by atoms with van der Waals surface area (Å²) in [5.74, 6) is 1.15. The summed E-state index contributed by atoms with van der Waals surface area (Å²) in [7, 11) is 1.68. The largest absolute Gasteiger partial charge is 0.497 e. The Balaban J connectivity index is 2.15. The van der Waals surface area contributed by atoms with Crippen molar-refractivity contribution in [2.45, 2.75) is 26.2 Å². The molecule has 0 radical (unpaired) electrons.